The molecule has 1 fully saturated rings. The van der Waals surface area contributed by atoms with Crippen LogP contribution in [-0.4, -0.2) is 47.3 Å². The summed E-state index contributed by atoms with van der Waals surface area (Å²) in [6.45, 7) is 5.24. The zero-order valence-electron chi connectivity index (χ0n) is 16.7. The molecule has 1 aromatic carbocycles. The van der Waals surface area contributed by atoms with Crippen LogP contribution < -0.4 is 4.74 Å². The van der Waals surface area contributed by atoms with Crippen LogP contribution >= 0.6 is 11.6 Å². The minimum atomic E-state index is -0.182. The molecule has 0 bridgehead atoms. The van der Waals surface area contributed by atoms with Crippen molar-refractivity contribution >= 4 is 11.6 Å². The van der Waals surface area contributed by atoms with Gasteiger partial charge in [-0.1, -0.05) is 29.8 Å². The van der Waals surface area contributed by atoms with Crippen molar-refractivity contribution in [2.24, 2.45) is 0 Å². The van der Waals surface area contributed by atoms with Crippen LogP contribution in [0.3, 0.4) is 0 Å². The molecule has 29 heavy (non-hydrogen) atoms. The van der Waals surface area contributed by atoms with Crippen LogP contribution in [0.1, 0.15) is 29.9 Å². The van der Waals surface area contributed by atoms with Crippen LogP contribution in [0.2, 0.25) is 0 Å². The fourth-order valence-electron chi connectivity index (χ4n) is 3.91. The Labute approximate surface area is 177 Å². The summed E-state index contributed by atoms with van der Waals surface area (Å²) in [6.07, 6.45) is 9.70. The van der Waals surface area contributed by atoms with Crippen molar-refractivity contribution < 1.29 is 9.84 Å². The molecule has 1 aliphatic carbocycles. The van der Waals surface area contributed by atoms with E-state index in [1.807, 2.05) is 24.4 Å². The lowest BCUT2D eigenvalue weighted by atomic mass is 9.93. The molecule has 4 nitrogen and oxygen atoms in total. The third-order valence-corrected chi connectivity index (χ3v) is 5.93. The Balaban J connectivity index is 1.36. The number of hydrogen-bond acceptors (Lipinski definition) is 4. The lowest BCUT2D eigenvalue weighted by Crippen LogP contribution is -2.27. The molecule has 2 aromatic rings. The predicted molar refractivity (Wildman–Crippen MR) is 117 cm³/mol. The zero-order valence-corrected chi connectivity index (χ0v) is 17.5. The van der Waals surface area contributed by atoms with Crippen molar-refractivity contribution in [2.45, 2.75) is 31.8 Å². The van der Waals surface area contributed by atoms with Gasteiger partial charge in [0, 0.05) is 42.3 Å². The Bertz CT molecular complexity index is 908. The van der Waals surface area contributed by atoms with Crippen LogP contribution in [0.5, 0.6) is 5.75 Å². The number of aliphatic hydroxyl groups is 1. The van der Waals surface area contributed by atoms with E-state index in [1.54, 1.807) is 0 Å². The molecule has 5 heteroatoms. The normalized spacial score (nSPS) is 22.0. The number of aryl methyl sites for hydroxylation is 1. The van der Waals surface area contributed by atoms with E-state index in [4.69, 9.17) is 16.3 Å². The van der Waals surface area contributed by atoms with Crippen molar-refractivity contribution in [3.8, 4) is 17.0 Å². The van der Waals surface area contributed by atoms with Crippen molar-refractivity contribution in [3.05, 3.63) is 70.9 Å². The monoisotopic (exact) mass is 410 g/mol. The average molecular weight is 411 g/mol. The number of aliphatic hydroxyl groups excluding tert-OH is 1. The zero-order chi connectivity index (χ0) is 20.2. The first-order valence-corrected chi connectivity index (χ1v) is 10.6. The summed E-state index contributed by atoms with van der Waals surface area (Å²) in [5.74, 6) is 1.24. The molecule has 4 rings (SSSR count). The number of pyridine rings is 1. The van der Waals surface area contributed by atoms with E-state index in [1.165, 1.54) is 5.56 Å². The van der Waals surface area contributed by atoms with Gasteiger partial charge < -0.3 is 9.84 Å². The highest BCUT2D eigenvalue weighted by Crippen LogP contribution is 2.30. The number of likely N-dealkylation sites (tertiary alicyclic amines) is 1. The van der Waals surface area contributed by atoms with Crippen molar-refractivity contribution in [3.63, 3.8) is 0 Å². The van der Waals surface area contributed by atoms with Crippen LogP contribution in [0.15, 0.2) is 59.8 Å². The van der Waals surface area contributed by atoms with Crippen LogP contribution in [0.4, 0.5) is 0 Å². The van der Waals surface area contributed by atoms with Gasteiger partial charge in [0.25, 0.3) is 0 Å². The number of rotatable bonds is 6. The summed E-state index contributed by atoms with van der Waals surface area (Å²) in [5, 5.41) is 10.4. The van der Waals surface area contributed by atoms with Gasteiger partial charge in [-0.05, 0) is 61.2 Å². The van der Waals surface area contributed by atoms with Gasteiger partial charge in [0.2, 0.25) is 0 Å². The summed E-state index contributed by atoms with van der Waals surface area (Å²) in [7, 11) is 0. The SMILES string of the molecule is Cc1cc(-c2ccc(C3C=CC(Cl)=CC3)cn2)ccc1OCCN1CC[C@H](O)C1. The summed E-state index contributed by atoms with van der Waals surface area (Å²) < 4.78 is 5.96. The third kappa shape index (κ3) is 5.08. The Hall–Kier alpha value is -2.14. The molecule has 1 saturated heterocycles. The van der Waals surface area contributed by atoms with E-state index in [0.717, 1.165) is 60.1 Å². The standard InChI is InChI=1S/C24H27ClN2O2/c1-17-14-19(5-9-24(17)29-13-12-27-11-10-22(28)16-27)23-8-4-20(15-26-23)18-2-6-21(25)7-3-18/h2,4-9,14-15,18,22,28H,3,10-13,16H2,1H3/t18?,22-/m0/s1. The number of allylic oxidation sites excluding steroid dienone is 4. The number of benzene rings is 1. The molecule has 2 heterocycles. The van der Waals surface area contributed by atoms with E-state index in [0.29, 0.717) is 12.5 Å². The summed E-state index contributed by atoms with van der Waals surface area (Å²) >= 11 is 6.01. The molecular formula is C24H27ClN2O2. The maximum atomic E-state index is 9.60. The first-order valence-electron chi connectivity index (χ1n) is 10.2. The number of β-amino-alcohol motifs (C(OH)–C–C–N with tert-alkyl or cyclic N) is 1. The first-order chi connectivity index (χ1) is 14.1. The lowest BCUT2D eigenvalue weighted by Gasteiger charge is -2.17. The average Bonchev–Trinajstić information content (AvgIpc) is 3.15. The molecule has 2 aliphatic rings. The Morgan fingerprint density at radius 2 is 2.17 bits per heavy atom. The molecule has 2 atom stereocenters. The van der Waals surface area contributed by atoms with Crippen molar-refractivity contribution in [1.82, 2.24) is 9.88 Å². The second-order valence-electron chi connectivity index (χ2n) is 7.84. The van der Waals surface area contributed by atoms with Gasteiger partial charge >= 0.3 is 0 Å². The van der Waals surface area contributed by atoms with Gasteiger partial charge in [-0.25, -0.2) is 0 Å². The summed E-state index contributed by atoms with van der Waals surface area (Å²) in [5.41, 5.74) is 4.35. The molecule has 1 N–H and O–H groups in total. The largest absolute Gasteiger partial charge is 0.492 e. The summed E-state index contributed by atoms with van der Waals surface area (Å²) in [4.78, 5) is 6.92. The highest BCUT2D eigenvalue weighted by molar-refractivity contribution is 6.31. The maximum Gasteiger partial charge on any atom is 0.122 e. The number of nitrogens with zero attached hydrogens (tertiary/aromatic N) is 2. The minimum Gasteiger partial charge on any atom is -0.492 e. The van der Waals surface area contributed by atoms with E-state index in [2.05, 4.69) is 47.1 Å². The fraction of sp³-hybridized carbons (Fsp3) is 0.375. The van der Waals surface area contributed by atoms with Crippen LogP contribution in [0.25, 0.3) is 11.3 Å². The number of halogens is 1. The molecule has 1 unspecified atom stereocenters. The van der Waals surface area contributed by atoms with E-state index < -0.39 is 0 Å². The number of hydrogen-bond donors (Lipinski definition) is 1. The van der Waals surface area contributed by atoms with Gasteiger partial charge in [-0.3, -0.25) is 9.88 Å². The number of aromatic nitrogens is 1. The highest BCUT2D eigenvalue weighted by Gasteiger charge is 2.19. The minimum absolute atomic E-state index is 0.182. The van der Waals surface area contributed by atoms with Gasteiger partial charge in [0.1, 0.15) is 12.4 Å². The lowest BCUT2D eigenvalue weighted by molar-refractivity contribution is 0.167. The molecule has 0 spiro atoms. The number of ether oxygens (including phenoxy) is 1. The molecule has 0 amide bonds. The van der Waals surface area contributed by atoms with Gasteiger partial charge in [-0.2, -0.15) is 0 Å². The molecule has 152 valence electrons. The Morgan fingerprint density at radius 1 is 1.28 bits per heavy atom. The highest BCUT2D eigenvalue weighted by atomic mass is 35.5. The summed E-state index contributed by atoms with van der Waals surface area (Å²) in [6, 6.07) is 10.4. The topological polar surface area (TPSA) is 45.6 Å². The smallest absolute Gasteiger partial charge is 0.122 e. The van der Waals surface area contributed by atoms with Crippen LogP contribution in [-0.2, 0) is 0 Å². The molecular weight excluding hydrogens is 384 g/mol. The van der Waals surface area contributed by atoms with Gasteiger partial charge in [-0.15, -0.1) is 0 Å². The Kier molecular flexibility index (Phi) is 6.34. The van der Waals surface area contributed by atoms with Crippen LogP contribution in [0, 0.1) is 6.92 Å². The quantitative estimate of drug-likeness (QED) is 0.751. The maximum absolute atomic E-state index is 9.60. The van der Waals surface area contributed by atoms with Crippen molar-refractivity contribution in [2.75, 3.05) is 26.2 Å². The Morgan fingerprint density at radius 3 is 2.83 bits per heavy atom. The van der Waals surface area contributed by atoms with E-state index in [9.17, 15) is 5.11 Å². The van der Waals surface area contributed by atoms with Gasteiger partial charge in [0.15, 0.2) is 0 Å². The molecule has 1 aliphatic heterocycles. The second kappa shape index (κ2) is 9.12. The second-order valence-corrected chi connectivity index (χ2v) is 8.28. The van der Waals surface area contributed by atoms with E-state index >= 15 is 0 Å². The molecule has 0 radical (unpaired) electrons. The third-order valence-electron chi connectivity index (χ3n) is 5.65. The fourth-order valence-corrected chi connectivity index (χ4v) is 4.07. The first kappa shape index (κ1) is 20.1. The van der Waals surface area contributed by atoms with Gasteiger partial charge in [0.05, 0.1) is 11.8 Å². The van der Waals surface area contributed by atoms with Crippen molar-refractivity contribution in [1.29, 1.82) is 0 Å². The molecule has 1 aromatic heterocycles. The molecule has 0 saturated carbocycles. The predicted octanol–water partition coefficient (Wildman–Crippen LogP) is 4.67. The van der Waals surface area contributed by atoms with E-state index in [-0.39, 0.29) is 6.10 Å².